The van der Waals surface area contributed by atoms with Crippen molar-refractivity contribution in [2.45, 2.75) is 20.3 Å². The van der Waals surface area contributed by atoms with Crippen LogP contribution in [0.15, 0.2) is 60.7 Å². The van der Waals surface area contributed by atoms with Crippen LogP contribution in [0.3, 0.4) is 0 Å². The third-order valence-corrected chi connectivity index (χ3v) is 3.87. The first-order valence-corrected chi connectivity index (χ1v) is 8.02. The standard InChI is InChI=1S/C19H13.C5H5.2ClH.Zr/c1-3-5-14-7-9-18-16(11-14)13-17-12-15(6-4-2)8-10-19(17)18;1-2-4-5-3-1;;;/h7-11H,13H2,1-2H3;1-5H;2*1H;/q2*-1;;;+4/p-2. The molecule has 0 nitrogen and oxygen atoms in total. The van der Waals surface area contributed by atoms with Crippen LogP contribution in [0, 0.1) is 29.7 Å². The molecular weight excluding hydrogens is 450 g/mol. The fourth-order valence-electron chi connectivity index (χ4n) is 2.87. The van der Waals surface area contributed by atoms with Crippen molar-refractivity contribution in [3.8, 4) is 34.8 Å². The molecule has 3 aromatic rings. The van der Waals surface area contributed by atoms with E-state index in [0.717, 1.165) is 17.5 Å². The summed E-state index contributed by atoms with van der Waals surface area (Å²) in [4.78, 5) is 0. The molecule has 0 amide bonds. The van der Waals surface area contributed by atoms with E-state index in [1.165, 1.54) is 22.3 Å². The van der Waals surface area contributed by atoms with Crippen LogP contribution in [0.2, 0.25) is 0 Å². The molecule has 0 bridgehead atoms. The largest absolute Gasteiger partial charge is 4.00 e. The Morgan fingerprint density at radius 3 is 2.15 bits per heavy atom. The van der Waals surface area contributed by atoms with Crippen LogP contribution in [0.5, 0.6) is 0 Å². The van der Waals surface area contributed by atoms with E-state index in [9.17, 15) is 0 Å². The van der Waals surface area contributed by atoms with E-state index >= 15 is 0 Å². The molecule has 0 aliphatic heterocycles. The van der Waals surface area contributed by atoms with Gasteiger partial charge in [0.05, 0.1) is 0 Å². The molecule has 0 radical (unpaired) electrons. The van der Waals surface area contributed by atoms with Gasteiger partial charge in [0.25, 0.3) is 0 Å². The summed E-state index contributed by atoms with van der Waals surface area (Å²) in [5.74, 6) is 12.0. The van der Waals surface area contributed by atoms with E-state index in [-0.39, 0.29) is 51.0 Å². The van der Waals surface area contributed by atoms with Crippen molar-refractivity contribution < 1.29 is 51.0 Å². The van der Waals surface area contributed by atoms with E-state index in [2.05, 4.69) is 54.0 Å². The average Bonchev–Trinajstić information content (AvgIpc) is 3.26. The zero-order chi connectivity index (χ0) is 16.8. The number of benzene rings is 2. The maximum atomic E-state index is 3.41. The number of hydrogen-bond donors (Lipinski definition) is 0. The SMILES string of the molecule is CC#Cc1[c-]c2c(cc1)-c1ccc(C#CC)cc1C2.[Cl-].[Cl-].[Zr+4].c1cc[cH-]c1. The first-order chi connectivity index (χ1) is 11.8. The van der Waals surface area contributed by atoms with Gasteiger partial charge in [-0.25, -0.2) is 12.1 Å². The van der Waals surface area contributed by atoms with Crippen LogP contribution >= 0.6 is 0 Å². The monoisotopic (exact) mass is 466 g/mol. The predicted molar refractivity (Wildman–Crippen MR) is 101 cm³/mol. The fourth-order valence-corrected chi connectivity index (χ4v) is 2.87. The van der Waals surface area contributed by atoms with Gasteiger partial charge in [0.2, 0.25) is 0 Å². The number of rotatable bonds is 0. The van der Waals surface area contributed by atoms with E-state index in [1.807, 2.05) is 50.2 Å². The average molecular weight is 469 g/mol. The number of halogens is 2. The molecule has 0 heterocycles. The van der Waals surface area contributed by atoms with Crippen molar-refractivity contribution in [1.82, 2.24) is 0 Å². The molecule has 0 saturated carbocycles. The maximum Gasteiger partial charge on any atom is 4.00 e. The van der Waals surface area contributed by atoms with Crippen LogP contribution in [0.4, 0.5) is 0 Å². The second kappa shape index (κ2) is 12.7. The molecule has 132 valence electrons. The summed E-state index contributed by atoms with van der Waals surface area (Å²) in [6.07, 6.45) is 0.934. The molecule has 0 saturated heterocycles. The molecular formula is C24H18Cl2Zr. The van der Waals surface area contributed by atoms with Gasteiger partial charge in [0.15, 0.2) is 0 Å². The topological polar surface area (TPSA) is 0 Å². The summed E-state index contributed by atoms with van der Waals surface area (Å²) in [6, 6.07) is 24.1. The Labute approximate surface area is 194 Å². The molecule has 1 aliphatic rings. The van der Waals surface area contributed by atoms with E-state index in [1.54, 1.807) is 0 Å². The fraction of sp³-hybridized carbons (Fsp3) is 0.125. The Bertz CT molecular complexity index is 880. The van der Waals surface area contributed by atoms with Gasteiger partial charge in [0, 0.05) is 5.56 Å². The number of fused-ring (bicyclic) bond motifs is 3. The quantitative estimate of drug-likeness (QED) is 0.235. The molecule has 0 unspecified atom stereocenters. The van der Waals surface area contributed by atoms with Crippen LogP contribution in [0.1, 0.15) is 36.1 Å². The van der Waals surface area contributed by atoms with Crippen LogP contribution in [-0.4, -0.2) is 0 Å². The van der Waals surface area contributed by atoms with Crippen molar-refractivity contribution in [2.24, 2.45) is 0 Å². The summed E-state index contributed by atoms with van der Waals surface area (Å²) in [5, 5.41) is 0. The van der Waals surface area contributed by atoms with E-state index in [0.29, 0.717) is 0 Å². The Balaban J connectivity index is 0.000000742. The second-order valence-electron chi connectivity index (χ2n) is 5.53. The van der Waals surface area contributed by atoms with E-state index < -0.39 is 0 Å². The normalized spacial score (nSPS) is 8.96. The van der Waals surface area contributed by atoms with Gasteiger partial charge in [-0.15, -0.1) is 35.2 Å². The Morgan fingerprint density at radius 2 is 1.56 bits per heavy atom. The molecule has 4 rings (SSSR count). The predicted octanol–water partition coefficient (Wildman–Crippen LogP) is -0.788. The van der Waals surface area contributed by atoms with Gasteiger partial charge >= 0.3 is 26.2 Å². The summed E-state index contributed by atoms with van der Waals surface area (Å²) >= 11 is 0. The van der Waals surface area contributed by atoms with Crippen LogP contribution in [0.25, 0.3) is 11.1 Å². The van der Waals surface area contributed by atoms with Crippen molar-refractivity contribution in [3.05, 3.63) is 89.0 Å². The first kappa shape index (κ1) is 25.4. The molecule has 27 heavy (non-hydrogen) atoms. The van der Waals surface area contributed by atoms with Gasteiger partial charge < -0.3 is 24.8 Å². The summed E-state index contributed by atoms with van der Waals surface area (Å²) in [6.45, 7) is 3.72. The van der Waals surface area contributed by atoms with Crippen molar-refractivity contribution in [1.29, 1.82) is 0 Å². The molecule has 0 atom stereocenters. The van der Waals surface area contributed by atoms with E-state index in [4.69, 9.17) is 0 Å². The Morgan fingerprint density at radius 1 is 0.889 bits per heavy atom. The molecule has 0 N–H and O–H groups in total. The first-order valence-electron chi connectivity index (χ1n) is 8.02. The van der Waals surface area contributed by atoms with Gasteiger partial charge in [-0.1, -0.05) is 23.1 Å². The van der Waals surface area contributed by atoms with Gasteiger partial charge in [-0.3, -0.25) is 0 Å². The van der Waals surface area contributed by atoms with Crippen molar-refractivity contribution >= 4 is 0 Å². The van der Waals surface area contributed by atoms with Gasteiger partial charge in [0.1, 0.15) is 0 Å². The molecule has 3 aromatic carbocycles. The maximum absolute atomic E-state index is 3.41. The Kier molecular flexibility index (Phi) is 11.9. The van der Waals surface area contributed by atoms with Gasteiger partial charge in [-0.05, 0) is 38.0 Å². The smallest absolute Gasteiger partial charge is 1.00 e. The zero-order valence-corrected chi connectivity index (χ0v) is 19.2. The zero-order valence-electron chi connectivity index (χ0n) is 15.2. The minimum atomic E-state index is 0. The van der Waals surface area contributed by atoms with Crippen molar-refractivity contribution in [2.75, 3.05) is 0 Å². The van der Waals surface area contributed by atoms with Crippen molar-refractivity contribution in [3.63, 3.8) is 0 Å². The second-order valence-corrected chi connectivity index (χ2v) is 5.53. The summed E-state index contributed by atoms with van der Waals surface area (Å²) < 4.78 is 0. The summed E-state index contributed by atoms with van der Waals surface area (Å²) in [7, 11) is 0. The third kappa shape index (κ3) is 6.49. The number of hydrogen-bond acceptors (Lipinski definition) is 0. The summed E-state index contributed by atoms with van der Waals surface area (Å²) in [5.41, 5.74) is 7.24. The molecule has 0 spiro atoms. The third-order valence-electron chi connectivity index (χ3n) is 3.87. The molecule has 1 aliphatic carbocycles. The minimum absolute atomic E-state index is 0. The minimum Gasteiger partial charge on any atom is -1.00 e. The Hall–Kier alpha value is -1.63. The molecule has 3 heteroatoms. The molecule has 0 fully saturated rings. The van der Waals surface area contributed by atoms with Gasteiger partial charge in [-0.2, -0.15) is 30.0 Å². The van der Waals surface area contributed by atoms with Crippen LogP contribution in [-0.2, 0) is 32.6 Å². The van der Waals surface area contributed by atoms with Crippen LogP contribution < -0.4 is 24.8 Å². The molecule has 0 aromatic heterocycles.